The second-order valence-corrected chi connectivity index (χ2v) is 6.65. The fraction of sp³-hybridized carbons (Fsp3) is 0.933. The molecule has 5 unspecified atom stereocenters. The summed E-state index contributed by atoms with van der Waals surface area (Å²) in [5, 5.41) is 0. The minimum atomic E-state index is 0.309. The Balaban J connectivity index is 1.44. The van der Waals surface area contributed by atoms with E-state index in [1.165, 1.54) is 6.42 Å². The summed E-state index contributed by atoms with van der Waals surface area (Å²) >= 11 is 0. The molecular formula is C15H26N2O2. The van der Waals surface area contributed by atoms with E-state index in [1.807, 2.05) is 4.90 Å². The number of carbonyl (C=O) groups excluding carboxylic acids is 1. The maximum Gasteiger partial charge on any atom is 0.222 e. The summed E-state index contributed by atoms with van der Waals surface area (Å²) < 4.78 is 5.78. The summed E-state index contributed by atoms with van der Waals surface area (Å²) in [7, 11) is 0. The molecule has 19 heavy (non-hydrogen) atoms. The minimum Gasteiger partial charge on any atom is -0.375 e. The Kier molecular flexibility index (Phi) is 3.81. The van der Waals surface area contributed by atoms with E-state index in [1.54, 1.807) is 0 Å². The molecule has 3 rings (SSSR count). The van der Waals surface area contributed by atoms with E-state index in [2.05, 4.69) is 6.92 Å². The lowest BCUT2D eigenvalue weighted by Crippen LogP contribution is -2.33. The van der Waals surface area contributed by atoms with E-state index in [0.717, 1.165) is 38.8 Å². The Morgan fingerprint density at radius 3 is 2.79 bits per heavy atom. The van der Waals surface area contributed by atoms with Gasteiger partial charge in [0, 0.05) is 25.6 Å². The highest BCUT2D eigenvalue weighted by molar-refractivity contribution is 5.76. The zero-order chi connectivity index (χ0) is 13.4. The first-order valence-electron chi connectivity index (χ1n) is 7.82. The molecule has 3 fully saturated rings. The topological polar surface area (TPSA) is 55.6 Å². The maximum absolute atomic E-state index is 12.3. The molecule has 0 spiro atoms. The average Bonchev–Trinajstić information content (AvgIpc) is 3.05. The molecular weight excluding hydrogens is 240 g/mol. The molecule has 2 saturated heterocycles. The number of fused-ring (bicyclic) bond motifs is 1. The molecule has 4 heteroatoms. The van der Waals surface area contributed by atoms with Crippen LogP contribution in [0.4, 0.5) is 0 Å². The molecule has 2 aliphatic heterocycles. The molecule has 5 atom stereocenters. The summed E-state index contributed by atoms with van der Waals surface area (Å²) in [6.45, 7) is 3.95. The number of hydrogen-bond acceptors (Lipinski definition) is 3. The van der Waals surface area contributed by atoms with Gasteiger partial charge in [0.15, 0.2) is 0 Å². The Labute approximate surface area is 115 Å². The largest absolute Gasteiger partial charge is 0.375 e. The Morgan fingerprint density at radius 2 is 2.11 bits per heavy atom. The van der Waals surface area contributed by atoms with Crippen molar-refractivity contribution in [3.05, 3.63) is 0 Å². The van der Waals surface area contributed by atoms with Crippen LogP contribution in [-0.4, -0.2) is 42.1 Å². The summed E-state index contributed by atoms with van der Waals surface area (Å²) in [5.74, 6) is 1.54. The lowest BCUT2D eigenvalue weighted by atomic mass is 9.98. The molecule has 0 aromatic carbocycles. The molecule has 3 aliphatic rings. The van der Waals surface area contributed by atoms with Gasteiger partial charge in [-0.05, 0) is 50.9 Å². The van der Waals surface area contributed by atoms with Crippen LogP contribution in [0.1, 0.15) is 45.4 Å². The van der Waals surface area contributed by atoms with Gasteiger partial charge in [0.2, 0.25) is 5.91 Å². The van der Waals surface area contributed by atoms with Crippen LogP contribution in [0, 0.1) is 11.8 Å². The highest BCUT2D eigenvalue weighted by atomic mass is 16.5. The minimum absolute atomic E-state index is 0.309. The van der Waals surface area contributed by atoms with Crippen molar-refractivity contribution in [3.8, 4) is 0 Å². The van der Waals surface area contributed by atoms with Gasteiger partial charge in [-0.1, -0.05) is 0 Å². The molecule has 2 N–H and O–H groups in total. The molecule has 0 aromatic heterocycles. The van der Waals surface area contributed by atoms with E-state index in [4.69, 9.17) is 10.5 Å². The molecule has 0 bridgehead atoms. The Morgan fingerprint density at radius 1 is 1.26 bits per heavy atom. The van der Waals surface area contributed by atoms with E-state index in [0.29, 0.717) is 42.4 Å². The lowest BCUT2D eigenvalue weighted by Gasteiger charge is -2.19. The first-order chi connectivity index (χ1) is 9.13. The van der Waals surface area contributed by atoms with Crippen LogP contribution >= 0.6 is 0 Å². The quantitative estimate of drug-likeness (QED) is 0.843. The Bertz CT molecular complexity index is 347. The number of ether oxygens (including phenoxy) is 1. The molecule has 0 aromatic rings. The van der Waals surface area contributed by atoms with Crippen LogP contribution in [0.15, 0.2) is 0 Å². The fourth-order valence-electron chi connectivity index (χ4n) is 4.05. The van der Waals surface area contributed by atoms with Gasteiger partial charge < -0.3 is 15.4 Å². The SMILES string of the molecule is CC1CCC(CCC(=O)N2CC3CCC(N)C3C2)O1. The standard InChI is InChI=1S/C15H26N2O2/c1-10-2-4-12(19-10)5-7-15(18)17-8-11-3-6-14(16)13(11)9-17/h10-14H,2-9,16H2,1H3. The first-order valence-corrected chi connectivity index (χ1v) is 7.82. The van der Waals surface area contributed by atoms with Crippen LogP contribution in [0.2, 0.25) is 0 Å². The highest BCUT2D eigenvalue weighted by Gasteiger charge is 2.42. The number of hydrogen-bond donors (Lipinski definition) is 1. The molecule has 4 nitrogen and oxygen atoms in total. The van der Waals surface area contributed by atoms with Crippen molar-refractivity contribution < 1.29 is 9.53 Å². The first kappa shape index (κ1) is 13.4. The predicted molar refractivity (Wildman–Crippen MR) is 73.6 cm³/mol. The number of nitrogens with zero attached hydrogens (tertiary/aromatic N) is 1. The van der Waals surface area contributed by atoms with Gasteiger partial charge in [-0.3, -0.25) is 4.79 Å². The Hall–Kier alpha value is -0.610. The van der Waals surface area contributed by atoms with Gasteiger partial charge in [0.05, 0.1) is 12.2 Å². The maximum atomic E-state index is 12.3. The third-order valence-electron chi connectivity index (χ3n) is 5.27. The average molecular weight is 266 g/mol. The third-order valence-corrected chi connectivity index (χ3v) is 5.27. The number of likely N-dealkylation sites (tertiary alicyclic amines) is 1. The van der Waals surface area contributed by atoms with Crippen LogP contribution < -0.4 is 5.73 Å². The molecule has 1 saturated carbocycles. The second kappa shape index (κ2) is 5.41. The van der Waals surface area contributed by atoms with Crippen molar-refractivity contribution in [3.63, 3.8) is 0 Å². The zero-order valence-electron chi connectivity index (χ0n) is 11.9. The smallest absolute Gasteiger partial charge is 0.222 e. The van der Waals surface area contributed by atoms with Crippen molar-refractivity contribution in [2.75, 3.05) is 13.1 Å². The number of rotatable bonds is 3. The molecule has 2 heterocycles. The van der Waals surface area contributed by atoms with Crippen LogP contribution in [0.25, 0.3) is 0 Å². The van der Waals surface area contributed by atoms with Gasteiger partial charge in [-0.15, -0.1) is 0 Å². The fourth-order valence-corrected chi connectivity index (χ4v) is 4.05. The van der Waals surface area contributed by atoms with Crippen molar-refractivity contribution in [2.45, 2.75) is 63.7 Å². The molecule has 1 amide bonds. The van der Waals surface area contributed by atoms with E-state index in [-0.39, 0.29) is 0 Å². The van der Waals surface area contributed by atoms with Gasteiger partial charge in [0.25, 0.3) is 0 Å². The third kappa shape index (κ3) is 2.79. The van der Waals surface area contributed by atoms with E-state index < -0.39 is 0 Å². The number of nitrogens with two attached hydrogens (primary N) is 1. The molecule has 0 radical (unpaired) electrons. The second-order valence-electron chi connectivity index (χ2n) is 6.65. The van der Waals surface area contributed by atoms with Gasteiger partial charge >= 0.3 is 0 Å². The summed E-state index contributed by atoms with van der Waals surface area (Å²) in [6.07, 6.45) is 6.83. The summed E-state index contributed by atoms with van der Waals surface area (Å²) in [4.78, 5) is 14.3. The van der Waals surface area contributed by atoms with E-state index in [9.17, 15) is 4.79 Å². The molecule has 1 aliphatic carbocycles. The monoisotopic (exact) mass is 266 g/mol. The van der Waals surface area contributed by atoms with Gasteiger partial charge in [-0.25, -0.2) is 0 Å². The predicted octanol–water partition coefficient (Wildman–Crippen LogP) is 1.53. The normalized spacial score (nSPS) is 41.8. The van der Waals surface area contributed by atoms with Gasteiger partial charge in [-0.2, -0.15) is 0 Å². The van der Waals surface area contributed by atoms with Crippen LogP contribution in [0.3, 0.4) is 0 Å². The van der Waals surface area contributed by atoms with Crippen LogP contribution in [-0.2, 0) is 9.53 Å². The highest BCUT2D eigenvalue weighted by Crippen LogP contribution is 2.37. The van der Waals surface area contributed by atoms with Crippen LogP contribution in [0.5, 0.6) is 0 Å². The number of amides is 1. The van der Waals surface area contributed by atoms with Gasteiger partial charge in [0.1, 0.15) is 0 Å². The van der Waals surface area contributed by atoms with E-state index >= 15 is 0 Å². The lowest BCUT2D eigenvalue weighted by molar-refractivity contribution is -0.131. The van der Waals surface area contributed by atoms with Crippen molar-refractivity contribution in [2.24, 2.45) is 17.6 Å². The molecule has 108 valence electrons. The summed E-state index contributed by atoms with van der Waals surface area (Å²) in [6, 6.07) is 0.321. The van der Waals surface area contributed by atoms with Crippen molar-refractivity contribution in [1.29, 1.82) is 0 Å². The summed E-state index contributed by atoms with van der Waals surface area (Å²) in [5.41, 5.74) is 6.11. The number of carbonyl (C=O) groups is 1. The van der Waals surface area contributed by atoms with Crippen molar-refractivity contribution >= 4 is 5.91 Å². The zero-order valence-corrected chi connectivity index (χ0v) is 11.9. The van der Waals surface area contributed by atoms with Crippen molar-refractivity contribution in [1.82, 2.24) is 4.90 Å².